The number of benzene rings is 2. The molecule has 0 radical (unpaired) electrons. The maximum absolute atomic E-state index is 13.6. The van der Waals surface area contributed by atoms with Crippen LogP contribution in [0.5, 0.6) is 11.6 Å². The first-order valence-electron chi connectivity index (χ1n) is 15.0. The summed E-state index contributed by atoms with van der Waals surface area (Å²) >= 11 is 0. The van der Waals surface area contributed by atoms with E-state index in [2.05, 4.69) is 4.98 Å². The molecular formula is C34H36F3N5O5. The van der Waals surface area contributed by atoms with Crippen LogP contribution in [0.3, 0.4) is 0 Å². The Hall–Kier alpha value is -5.07. The Morgan fingerprint density at radius 2 is 1.66 bits per heavy atom. The van der Waals surface area contributed by atoms with E-state index in [1.807, 2.05) is 45.4 Å². The molecule has 0 N–H and O–H groups in total. The molecule has 1 aliphatic rings. The molecule has 1 aliphatic heterocycles. The van der Waals surface area contributed by atoms with Crippen molar-refractivity contribution in [3.05, 3.63) is 83.7 Å². The summed E-state index contributed by atoms with van der Waals surface area (Å²) in [5.41, 5.74) is 0.417. The standard InChI is InChI=1S/C34H36F3N5O5/c1-21-20-41(32(45)47-33(2,3)4)15-16-42(21)31(44)28-18-23-17-26(12-13-27(23)40(28)6)46-29-14-11-25(19-38-29)39(5)30(43)22-7-9-24(10-8-22)34(35,36)37/h7-14,17-19,21H,15-16,20H2,1-6H3. The van der Waals surface area contributed by atoms with E-state index in [0.29, 0.717) is 36.8 Å². The first-order chi connectivity index (χ1) is 22.0. The van der Waals surface area contributed by atoms with Gasteiger partial charge in [-0.25, -0.2) is 9.78 Å². The molecule has 47 heavy (non-hydrogen) atoms. The summed E-state index contributed by atoms with van der Waals surface area (Å²) in [5.74, 6) is 0.103. The van der Waals surface area contributed by atoms with E-state index in [1.165, 1.54) is 18.1 Å². The van der Waals surface area contributed by atoms with Crippen LogP contribution in [0.15, 0.2) is 66.9 Å². The van der Waals surface area contributed by atoms with Crippen molar-refractivity contribution in [1.82, 2.24) is 19.4 Å². The highest BCUT2D eigenvalue weighted by Crippen LogP contribution is 2.31. The van der Waals surface area contributed by atoms with Gasteiger partial charge in [-0.3, -0.25) is 9.59 Å². The number of amides is 3. The molecule has 13 heteroatoms. The summed E-state index contributed by atoms with van der Waals surface area (Å²) in [4.78, 5) is 47.9. The zero-order chi connectivity index (χ0) is 34.3. The van der Waals surface area contributed by atoms with Gasteiger partial charge in [-0.05, 0) is 82.3 Å². The van der Waals surface area contributed by atoms with E-state index in [9.17, 15) is 27.6 Å². The Morgan fingerprint density at radius 1 is 0.957 bits per heavy atom. The number of rotatable bonds is 5. The molecule has 5 rings (SSSR count). The van der Waals surface area contributed by atoms with E-state index in [1.54, 1.807) is 40.1 Å². The van der Waals surface area contributed by atoms with Gasteiger partial charge in [0.05, 0.1) is 17.4 Å². The van der Waals surface area contributed by atoms with E-state index >= 15 is 0 Å². The summed E-state index contributed by atoms with van der Waals surface area (Å²) in [5, 5.41) is 0.784. The minimum atomic E-state index is -4.49. The van der Waals surface area contributed by atoms with Crippen LogP contribution in [0.1, 0.15) is 54.1 Å². The maximum Gasteiger partial charge on any atom is 0.416 e. The summed E-state index contributed by atoms with van der Waals surface area (Å²) in [6.45, 7) is 8.48. The highest BCUT2D eigenvalue weighted by Gasteiger charge is 2.34. The quantitative estimate of drug-likeness (QED) is 0.237. The topological polar surface area (TPSA) is 97.2 Å². The Balaban J connectivity index is 1.24. The number of aryl methyl sites for hydroxylation is 1. The molecular weight excluding hydrogens is 615 g/mol. The van der Waals surface area contributed by atoms with Gasteiger partial charge in [-0.15, -0.1) is 0 Å². The zero-order valence-corrected chi connectivity index (χ0v) is 27.0. The number of carbonyl (C=O) groups excluding carboxylic acids is 3. The number of alkyl halides is 3. The third-order valence-corrected chi connectivity index (χ3v) is 7.87. The lowest BCUT2D eigenvalue weighted by atomic mass is 10.1. The second kappa shape index (κ2) is 12.6. The van der Waals surface area contributed by atoms with Crippen molar-refractivity contribution in [2.45, 2.75) is 45.5 Å². The molecule has 2 aromatic carbocycles. The molecule has 4 aromatic rings. The molecule has 0 spiro atoms. The Morgan fingerprint density at radius 3 is 2.26 bits per heavy atom. The predicted octanol–water partition coefficient (Wildman–Crippen LogP) is 6.74. The van der Waals surface area contributed by atoms with E-state index in [4.69, 9.17) is 9.47 Å². The van der Waals surface area contributed by atoms with Gasteiger partial charge in [0.15, 0.2) is 0 Å². The molecule has 3 heterocycles. The van der Waals surface area contributed by atoms with Crippen LogP contribution in [0, 0.1) is 0 Å². The van der Waals surface area contributed by atoms with Crippen LogP contribution in [-0.2, 0) is 18.0 Å². The average Bonchev–Trinajstić information content (AvgIpc) is 3.34. The molecule has 2 aromatic heterocycles. The largest absolute Gasteiger partial charge is 0.444 e. The highest BCUT2D eigenvalue weighted by atomic mass is 19.4. The van der Waals surface area contributed by atoms with E-state index in [0.717, 1.165) is 35.2 Å². The van der Waals surface area contributed by atoms with Crippen molar-refractivity contribution in [3.63, 3.8) is 0 Å². The molecule has 0 aliphatic carbocycles. The highest BCUT2D eigenvalue weighted by molar-refractivity contribution is 6.05. The lowest BCUT2D eigenvalue weighted by Gasteiger charge is -2.40. The fourth-order valence-corrected chi connectivity index (χ4v) is 5.36. The first kappa shape index (κ1) is 33.3. The molecule has 1 unspecified atom stereocenters. The minimum Gasteiger partial charge on any atom is -0.444 e. The Labute approximate surface area is 270 Å². The van der Waals surface area contributed by atoms with Crippen molar-refractivity contribution in [2.75, 3.05) is 31.6 Å². The van der Waals surface area contributed by atoms with Crippen molar-refractivity contribution >= 4 is 34.5 Å². The molecule has 10 nitrogen and oxygen atoms in total. The van der Waals surface area contributed by atoms with Crippen molar-refractivity contribution in [2.24, 2.45) is 7.05 Å². The molecule has 1 fully saturated rings. The number of nitrogens with zero attached hydrogens (tertiary/aromatic N) is 5. The van der Waals surface area contributed by atoms with Crippen LogP contribution in [0.4, 0.5) is 23.7 Å². The van der Waals surface area contributed by atoms with Gasteiger partial charge in [0, 0.05) is 62.3 Å². The molecule has 0 bridgehead atoms. The second-order valence-corrected chi connectivity index (χ2v) is 12.5. The number of hydrogen-bond acceptors (Lipinski definition) is 6. The van der Waals surface area contributed by atoms with Crippen LogP contribution < -0.4 is 9.64 Å². The van der Waals surface area contributed by atoms with Crippen molar-refractivity contribution in [1.29, 1.82) is 0 Å². The smallest absolute Gasteiger partial charge is 0.416 e. The zero-order valence-electron chi connectivity index (χ0n) is 27.0. The van der Waals surface area contributed by atoms with Crippen LogP contribution >= 0.6 is 0 Å². The first-order valence-corrected chi connectivity index (χ1v) is 15.0. The van der Waals surface area contributed by atoms with Crippen molar-refractivity contribution < 1.29 is 37.0 Å². The average molecular weight is 652 g/mol. The van der Waals surface area contributed by atoms with Gasteiger partial charge in [0.1, 0.15) is 17.0 Å². The second-order valence-electron chi connectivity index (χ2n) is 12.5. The van der Waals surface area contributed by atoms with Gasteiger partial charge in [0.25, 0.3) is 11.8 Å². The summed E-state index contributed by atoms with van der Waals surface area (Å²) in [6.07, 6.45) is -3.45. The number of pyridine rings is 1. The summed E-state index contributed by atoms with van der Waals surface area (Å²) in [7, 11) is 3.32. The van der Waals surface area contributed by atoms with Gasteiger partial charge in [-0.2, -0.15) is 13.2 Å². The number of aromatic nitrogens is 2. The number of piperazine rings is 1. The number of ether oxygens (including phenoxy) is 2. The molecule has 1 saturated heterocycles. The molecule has 1 atom stereocenters. The summed E-state index contributed by atoms with van der Waals surface area (Å²) < 4.78 is 51.9. The molecule has 0 saturated carbocycles. The Bertz CT molecular complexity index is 1800. The van der Waals surface area contributed by atoms with E-state index < -0.39 is 29.3 Å². The fraction of sp³-hybridized carbons (Fsp3) is 0.353. The van der Waals surface area contributed by atoms with Crippen LogP contribution in [0.2, 0.25) is 0 Å². The number of halogens is 3. The lowest BCUT2D eigenvalue weighted by Crippen LogP contribution is -2.56. The van der Waals surface area contributed by atoms with E-state index in [-0.39, 0.29) is 23.4 Å². The lowest BCUT2D eigenvalue weighted by molar-refractivity contribution is -0.137. The Kier molecular flexibility index (Phi) is 8.94. The minimum absolute atomic E-state index is 0.104. The van der Waals surface area contributed by atoms with Crippen LogP contribution in [-0.4, -0.2) is 75.6 Å². The van der Waals surface area contributed by atoms with Gasteiger partial charge >= 0.3 is 12.3 Å². The monoisotopic (exact) mass is 651 g/mol. The maximum atomic E-state index is 13.6. The number of hydrogen-bond donors (Lipinski definition) is 0. The number of fused-ring (bicyclic) bond motifs is 1. The van der Waals surface area contributed by atoms with Gasteiger partial charge < -0.3 is 28.7 Å². The normalized spacial score (nSPS) is 15.5. The number of anilines is 1. The third kappa shape index (κ3) is 7.34. The number of carbonyl (C=O) groups is 3. The fourth-order valence-electron chi connectivity index (χ4n) is 5.36. The molecule has 248 valence electrons. The summed E-state index contributed by atoms with van der Waals surface area (Å²) in [6, 6.07) is 14.2. The van der Waals surface area contributed by atoms with Gasteiger partial charge in [-0.1, -0.05) is 0 Å². The SMILES string of the molecule is CC1CN(C(=O)OC(C)(C)C)CCN1C(=O)c1cc2cc(Oc3ccc(N(C)C(=O)c4ccc(C(F)(F)F)cc4)cn3)ccc2n1C. The van der Waals surface area contributed by atoms with Crippen molar-refractivity contribution in [3.8, 4) is 11.6 Å². The van der Waals surface area contributed by atoms with Crippen LogP contribution in [0.25, 0.3) is 10.9 Å². The third-order valence-electron chi connectivity index (χ3n) is 7.87. The van der Waals surface area contributed by atoms with Gasteiger partial charge in [0.2, 0.25) is 5.88 Å². The predicted molar refractivity (Wildman–Crippen MR) is 170 cm³/mol. The molecule has 3 amide bonds.